The van der Waals surface area contributed by atoms with Gasteiger partial charge in [-0.15, -0.1) is 4.98 Å². The van der Waals surface area contributed by atoms with Crippen LogP contribution in [0.5, 0.6) is 12.0 Å². The molecule has 1 aromatic heterocycles. The van der Waals surface area contributed by atoms with E-state index in [0.29, 0.717) is 5.95 Å². The molecule has 7 heteroatoms. The van der Waals surface area contributed by atoms with Crippen molar-refractivity contribution in [1.82, 2.24) is 15.0 Å². The van der Waals surface area contributed by atoms with Crippen molar-refractivity contribution in [1.29, 1.82) is 0 Å². The number of benzene rings is 1. The van der Waals surface area contributed by atoms with E-state index in [4.69, 9.17) is 15.2 Å². The zero-order chi connectivity index (χ0) is 15.4. The van der Waals surface area contributed by atoms with Gasteiger partial charge in [0.2, 0.25) is 5.95 Å². The van der Waals surface area contributed by atoms with E-state index in [1.54, 1.807) is 0 Å². The van der Waals surface area contributed by atoms with Crippen molar-refractivity contribution in [2.24, 2.45) is 0 Å². The Bertz CT molecular complexity index is 598. The molecular formula is C14H19N5O2. The van der Waals surface area contributed by atoms with Crippen LogP contribution in [0.1, 0.15) is 18.5 Å². The Labute approximate surface area is 123 Å². The molecule has 2 aromatic rings. The summed E-state index contributed by atoms with van der Waals surface area (Å²) in [6.45, 7) is 2.04. The maximum absolute atomic E-state index is 5.83. The van der Waals surface area contributed by atoms with E-state index in [1.165, 1.54) is 14.2 Å². The first-order valence-electron chi connectivity index (χ1n) is 6.47. The van der Waals surface area contributed by atoms with Gasteiger partial charge in [-0.3, -0.25) is 0 Å². The van der Waals surface area contributed by atoms with Crippen LogP contribution < -0.4 is 20.1 Å². The second-order valence-corrected chi connectivity index (χ2v) is 4.57. The molecule has 0 radical (unpaired) electrons. The fourth-order valence-electron chi connectivity index (χ4n) is 1.88. The van der Waals surface area contributed by atoms with Crippen LogP contribution in [-0.4, -0.2) is 36.2 Å². The molecule has 1 aromatic carbocycles. The standard InChI is InChI=1S/C14H19N5O2/c1-9(10-6-5-7-11(15)8-10)19(2)12-16-13(20-3)18-14(17-12)21-4/h5-9H,15H2,1-4H3. The van der Waals surface area contributed by atoms with Crippen molar-refractivity contribution < 1.29 is 9.47 Å². The van der Waals surface area contributed by atoms with Gasteiger partial charge in [0, 0.05) is 12.7 Å². The zero-order valence-electron chi connectivity index (χ0n) is 12.6. The molecule has 112 valence electrons. The maximum atomic E-state index is 5.83. The molecule has 0 aliphatic heterocycles. The molecule has 2 rings (SSSR count). The summed E-state index contributed by atoms with van der Waals surface area (Å²) >= 11 is 0. The summed E-state index contributed by atoms with van der Waals surface area (Å²) in [5, 5.41) is 0. The summed E-state index contributed by atoms with van der Waals surface area (Å²) in [4.78, 5) is 14.4. The molecule has 0 saturated heterocycles. The van der Waals surface area contributed by atoms with Crippen LogP contribution in [0.15, 0.2) is 24.3 Å². The Kier molecular flexibility index (Phi) is 4.42. The first-order valence-corrected chi connectivity index (χ1v) is 6.47. The number of methoxy groups -OCH3 is 2. The lowest BCUT2D eigenvalue weighted by Gasteiger charge is -2.25. The molecule has 21 heavy (non-hydrogen) atoms. The third kappa shape index (κ3) is 3.31. The molecule has 0 fully saturated rings. The molecule has 0 aliphatic carbocycles. The van der Waals surface area contributed by atoms with Gasteiger partial charge in [0.05, 0.1) is 20.3 Å². The number of nitrogens with two attached hydrogens (primary N) is 1. The van der Waals surface area contributed by atoms with E-state index >= 15 is 0 Å². The third-order valence-electron chi connectivity index (χ3n) is 3.24. The van der Waals surface area contributed by atoms with Crippen LogP contribution in [-0.2, 0) is 0 Å². The summed E-state index contributed by atoms with van der Waals surface area (Å²) < 4.78 is 10.1. The summed E-state index contributed by atoms with van der Waals surface area (Å²) in [5.74, 6) is 0.466. The Morgan fingerprint density at radius 1 is 1.10 bits per heavy atom. The van der Waals surface area contributed by atoms with Gasteiger partial charge < -0.3 is 20.1 Å². The van der Waals surface area contributed by atoms with Gasteiger partial charge in [0.1, 0.15) is 0 Å². The van der Waals surface area contributed by atoms with E-state index in [1.807, 2.05) is 43.1 Å². The first-order chi connectivity index (χ1) is 10.0. The molecule has 1 unspecified atom stereocenters. The normalized spacial score (nSPS) is 11.8. The topological polar surface area (TPSA) is 86.4 Å². The fraction of sp³-hybridized carbons (Fsp3) is 0.357. The number of hydrogen-bond acceptors (Lipinski definition) is 7. The van der Waals surface area contributed by atoms with Crippen molar-refractivity contribution in [3.8, 4) is 12.0 Å². The monoisotopic (exact) mass is 289 g/mol. The van der Waals surface area contributed by atoms with Crippen LogP contribution in [0.25, 0.3) is 0 Å². The molecule has 0 spiro atoms. The Morgan fingerprint density at radius 3 is 2.24 bits per heavy atom. The summed E-state index contributed by atoms with van der Waals surface area (Å²) in [6.07, 6.45) is 0. The number of rotatable bonds is 5. The van der Waals surface area contributed by atoms with Gasteiger partial charge in [-0.25, -0.2) is 0 Å². The predicted octanol–water partition coefficient (Wildman–Crippen LogP) is 1.67. The van der Waals surface area contributed by atoms with E-state index in [9.17, 15) is 0 Å². The fourth-order valence-corrected chi connectivity index (χ4v) is 1.88. The molecule has 0 saturated carbocycles. The Morgan fingerprint density at radius 2 is 1.71 bits per heavy atom. The number of ether oxygens (including phenoxy) is 2. The minimum absolute atomic E-state index is 0.0327. The number of nitrogen functional groups attached to an aromatic ring is 1. The maximum Gasteiger partial charge on any atom is 0.324 e. The summed E-state index contributed by atoms with van der Waals surface area (Å²) in [7, 11) is 4.89. The van der Waals surface area contributed by atoms with Gasteiger partial charge in [0.25, 0.3) is 0 Å². The highest BCUT2D eigenvalue weighted by atomic mass is 16.5. The third-order valence-corrected chi connectivity index (χ3v) is 3.24. The quantitative estimate of drug-likeness (QED) is 0.838. The van der Waals surface area contributed by atoms with Crippen LogP contribution in [0.4, 0.5) is 11.6 Å². The average molecular weight is 289 g/mol. The van der Waals surface area contributed by atoms with E-state index < -0.39 is 0 Å². The van der Waals surface area contributed by atoms with E-state index in [-0.39, 0.29) is 18.1 Å². The minimum Gasteiger partial charge on any atom is -0.467 e. The highest BCUT2D eigenvalue weighted by Crippen LogP contribution is 2.25. The SMILES string of the molecule is COc1nc(OC)nc(N(C)C(C)c2cccc(N)c2)n1. The molecule has 0 amide bonds. The molecule has 0 aliphatic rings. The van der Waals surface area contributed by atoms with E-state index in [0.717, 1.165) is 11.3 Å². The van der Waals surface area contributed by atoms with Gasteiger partial charge in [0.15, 0.2) is 0 Å². The Balaban J connectivity index is 2.32. The van der Waals surface area contributed by atoms with Crippen LogP contribution in [0.2, 0.25) is 0 Å². The molecule has 2 N–H and O–H groups in total. The van der Waals surface area contributed by atoms with Gasteiger partial charge in [-0.1, -0.05) is 12.1 Å². The van der Waals surface area contributed by atoms with Gasteiger partial charge >= 0.3 is 12.0 Å². The molecule has 1 heterocycles. The van der Waals surface area contributed by atoms with Crippen molar-refractivity contribution >= 4 is 11.6 Å². The van der Waals surface area contributed by atoms with E-state index in [2.05, 4.69) is 15.0 Å². The molecule has 0 bridgehead atoms. The molecule has 7 nitrogen and oxygen atoms in total. The number of aromatic nitrogens is 3. The zero-order valence-corrected chi connectivity index (χ0v) is 12.6. The lowest BCUT2D eigenvalue weighted by Crippen LogP contribution is -2.24. The highest BCUT2D eigenvalue weighted by molar-refractivity contribution is 5.44. The Hall–Kier alpha value is -2.57. The lowest BCUT2D eigenvalue weighted by atomic mass is 10.1. The van der Waals surface area contributed by atoms with Gasteiger partial charge in [-0.05, 0) is 24.6 Å². The van der Waals surface area contributed by atoms with Crippen molar-refractivity contribution in [2.45, 2.75) is 13.0 Å². The van der Waals surface area contributed by atoms with Crippen molar-refractivity contribution in [3.05, 3.63) is 29.8 Å². The summed E-state index contributed by atoms with van der Waals surface area (Å²) in [5.41, 5.74) is 7.61. The van der Waals surface area contributed by atoms with Crippen LogP contribution in [0.3, 0.4) is 0 Å². The largest absolute Gasteiger partial charge is 0.467 e. The van der Waals surface area contributed by atoms with Crippen LogP contribution >= 0.6 is 0 Å². The predicted molar refractivity (Wildman–Crippen MR) is 80.6 cm³/mol. The number of nitrogens with zero attached hydrogens (tertiary/aromatic N) is 4. The van der Waals surface area contributed by atoms with Crippen molar-refractivity contribution in [2.75, 3.05) is 31.9 Å². The number of hydrogen-bond donors (Lipinski definition) is 1. The molecule has 1 atom stereocenters. The summed E-state index contributed by atoms with van der Waals surface area (Å²) in [6, 6.07) is 8.16. The van der Waals surface area contributed by atoms with Crippen molar-refractivity contribution in [3.63, 3.8) is 0 Å². The van der Waals surface area contributed by atoms with Gasteiger partial charge in [-0.2, -0.15) is 9.97 Å². The second kappa shape index (κ2) is 6.25. The second-order valence-electron chi connectivity index (χ2n) is 4.57. The first kappa shape index (κ1) is 14.8. The molecular weight excluding hydrogens is 270 g/mol. The minimum atomic E-state index is 0.0327. The smallest absolute Gasteiger partial charge is 0.324 e. The highest BCUT2D eigenvalue weighted by Gasteiger charge is 2.17. The van der Waals surface area contributed by atoms with Crippen LogP contribution in [0, 0.1) is 0 Å². The lowest BCUT2D eigenvalue weighted by molar-refractivity contribution is 0.339. The number of anilines is 2. The average Bonchev–Trinajstić information content (AvgIpc) is 2.52.